The van der Waals surface area contributed by atoms with E-state index in [9.17, 15) is 4.79 Å². The smallest absolute Gasteiger partial charge is 0.141 e. The van der Waals surface area contributed by atoms with Crippen molar-refractivity contribution in [3.8, 4) is 5.75 Å². The molecule has 0 spiro atoms. The van der Waals surface area contributed by atoms with Gasteiger partial charge in [0.05, 0.1) is 11.6 Å². The Labute approximate surface area is 125 Å². The summed E-state index contributed by atoms with van der Waals surface area (Å²) >= 11 is 12.1. The molecule has 0 aliphatic rings. The fraction of sp³-hybridized carbons (Fsp3) is 0.533. The van der Waals surface area contributed by atoms with Crippen molar-refractivity contribution in [2.75, 3.05) is 6.61 Å². The molecule has 0 bridgehead atoms. The van der Waals surface area contributed by atoms with Crippen LogP contribution >= 0.6 is 23.2 Å². The zero-order valence-electron chi connectivity index (χ0n) is 11.5. The SMILES string of the molecule is CCCC(=O)CCCc1cc(Cl)cc(Cl)c1OCC. The van der Waals surface area contributed by atoms with Crippen LogP contribution in [0.5, 0.6) is 5.75 Å². The normalized spacial score (nSPS) is 10.5. The second kappa shape index (κ2) is 8.44. The van der Waals surface area contributed by atoms with Crippen molar-refractivity contribution in [3.63, 3.8) is 0 Å². The molecule has 0 saturated carbocycles. The highest BCUT2D eigenvalue weighted by atomic mass is 35.5. The zero-order valence-corrected chi connectivity index (χ0v) is 13.0. The maximum absolute atomic E-state index is 11.5. The summed E-state index contributed by atoms with van der Waals surface area (Å²) in [7, 11) is 0. The van der Waals surface area contributed by atoms with Crippen LogP contribution in [0.3, 0.4) is 0 Å². The third kappa shape index (κ3) is 5.42. The average molecular weight is 303 g/mol. The first-order chi connectivity index (χ1) is 9.08. The van der Waals surface area contributed by atoms with Gasteiger partial charge in [0, 0.05) is 17.9 Å². The predicted molar refractivity (Wildman–Crippen MR) is 80.5 cm³/mol. The molecule has 1 aromatic carbocycles. The highest BCUT2D eigenvalue weighted by Gasteiger charge is 2.11. The van der Waals surface area contributed by atoms with Crippen LogP contribution in [0.2, 0.25) is 10.0 Å². The Morgan fingerprint density at radius 2 is 1.95 bits per heavy atom. The van der Waals surface area contributed by atoms with E-state index >= 15 is 0 Å². The molecule has 19 heavy (non-hydrogen) atoms. The van der Waals surface area contributed by atoms with Gasteiger partial charge in [0.25, 0.3) is 0 Å². The lowest BCUT2D eigenvalue weighted by molar-refractivity contribution is -0.119. The largest absolute Gasteiger partial charge is 0.492 e. The first kappa shape index (κ1) is 16.3. The number of carbonyl (C=O) groups excluding carboxylic acids is 1. The fourth-order valence-electron chi connectivity index (χ4n) is 1.99. The van der Waals surface area contributed by atoms with Crippen LogP contribution < -0.4 is 4.74 Å². The Morgan fingerprint density at radius 3 is 2.58 bits per heavy atom. The van der Waals surface area contributed by atoms with Crippen molar-refractivity contribution in [1.82, 2.24) is 0 Å². The number of rotatable bonds is 8. The number of carbonyl (C=O) groups is 1. The van der Waals surface area contributed by atoms with Crippen molar-refractivity contribution < 1.29 is 9.53 Å². The first-order valence-corrected chi connectivity index (χ1v) is 7.46. The second-order valence-electron chi connectivity index (χ2n) is 4.45. The number of halogens is 2. The lowest BCUT2D eigenvalue weighted by Crippen LogP contribution is -2.01. The molecule has 1 rings (SSSR count). The summed E-state index contributed by atoms with van der Waals surface area (Å²) in [5, 5.41) is 1.13. The van der Waals surface area contributed by atoms with Crippen molar-refractivity contribution in [2.45, 2.75) is 46.0 Å². The Balaban J connectivity index is 2.68. The van der Waals surface area contributed by atoms with E-state index in [1.165, 1.54) is 0 Å². The molecule has 0 aromatic heterocycles. The molecular formula is C15H20Cl2O2. The lowest BCUT2D eigenvalue weighted by atomic mass is 10.0. The van der Waals surface area contributed by atoms with Gasteiger partial charge < -0.3 is 4.74 Å². The van der Waals surface area contributed by atoms with Crippen LogP contribution in [0.25, 0.3) is 0 Å². The van der Waals surface area contributed by atoms with Gasteiger partial charge in [-0.3, -0.25) is 4.79 Å². The van der Waals surface area contributed by atoms with Gasteiger partial charge in [-0.25, -0.2) is 0 Å². The molecule has 0 amide bonds. The van der Waals surface area contributed by atoms with Crippen LogP contribution in [0.15, 0.2) is 12.1 Å². The zero-order chi connectivity index (χ0) is 14.3. The molecule has 0 heterocycles. The van der Waals surface area contributed by atoms with E-state index in [0.29, 0.717) is 41.0 Å². The Hall–Kier alpha value is -0.730. The van der Waals surface area contributed by atoms with Crippen molar-refractivity contribution >= 4 is 29.0 Å². The molecule has 0 N–H and O–H groups in total. The molecule has 0 aliphatic heterocycles. The Kier molecular flexibility index (Phi) is 7.25. The van der Waals surface area contributed by atoms with Gasteiger partial charge in [0.15, 0.2) is 0 Å². The number of hydrogen-bond donors (Lipinski definition) is 0. The number of aryl methyl sites for hydroxylation is 1. The minimum absolute atomic E-state index is 0.314. The second-order valence-corrected chi connectivity index (χ2v) is 5.29. The summed E-state index contributed by atoms with van der Waals surface area (Å²) in [4.78, 5) is 11.5. The average Bonchev–Trinajstić information content (AvgIpc) is 2.33. The van der Waals surface area contributed by atoms with E-state index in [2.05, 4.69) is 0 Å². The third-order valence-electron chi connectivity index (χ3n) is 2.80. The van der Waals surface area contributed by atoms with Crippen molar-refractivity contribution in [2.24, 2.45) is 0 Å². The maximum atomic E-state index is 11.5. The minimum atomic E-state index is 0.314. The number of ether oxygens (including phenoxy) is 1. The molecule has 0 aliphatic carbocycles. The highest BCUT2D eigenvalue weighted by molar-refractivity contribution is 6.35. The van der Waals surface area contributed by atoms with E-state index in [-0.39, 0.29) is 0 Å². The molecule has 0 radical (unpaired) electrons. The molecule has 0 atom stereocenters. The number of benzene rings is 1. The van der Waals surface area contributed by atoms with Crippen LogP contribution in [0, 0.1) is 0 Å². The standard InChI is InChI=1S/C15H20Cl2O2/c1-3-6-13(18)8-5-7-11-9-12(16)10-14(17)15(11)19-4-2/h9-10H,3-8H2,1-2H3. The Morgan fingerprint density at radius 1 is 1.21 bits per heavy atom. The van der Waals surface area contributed by atoms with E-state index < -0.39 is 0 Å². The highest BCUT2D eigenvalue weighted by Crippen LogP contribution is 2.33. The summed E-state index contributed by atoms with van der Waals surface area (Å²) in [6.45, 7) is 4.49. The summed E-state index contributed by atoms with van der Waals surface area (Å²) in [5.74, 6) is 1.00. The van der Waals surface area contributed by atoms with Crippen LogP contribution in [-0.4, -0.2) is 12.4 Å². The molecule has 4 heteroatoms. The van der Waals surface area contributed by atoms with Gasteiger partial charge in [0.2, 0.25) is 0 Å². The molecule has 2 nitrogen and oxygen atoms in total. The fourth-order valence-corrected chi connectivity index (χ4v) is 2.58. The maximum Gasteiger partial charge on any atom is 0.141 e. The third-order valence-corrected chi connectivity index (χ3v) is 3.30. The van der Waals surface area contributed by atoms with Gasteiger partial charge in [-0.2, -0.15) is 0 Å². The molecule has 106 valence electrons. The molecule has 0 unspecified atom stereocenters. The summed E-state index contributed by atoms with van der Waals surface area (Å²) < 4.78 is 5.55. The monoisotopic (exact) mass is 302 g/mol. The van der Waals surface area contributed by atoms with Crippen LogP contribution in [0.1, 0.15) is 45.1 Å². The van der Waals surface area contributed by atoms with Gasteiger partial charge in [-0.05, 0) is 43.9 Å². The first-order valence-electron chi connectivity index (χ1n) is 6.70. The predicted octanol–water partition coefficient (Wildman–Crippen LogP) is 5.08. The van der Waals surface area contributed by atoms with Gasteiger partial charge in [-0.1, -0.05) is 30.1 Å². The van der Waals surface area contributed by atoms with Crippen molar-refractivity contribution in [1.29, 1.82) is 0 Å². The van der Waals surface area contributed by atoms with E-state index in [4.69, 9.17) is 27.9 Å². The summed E-state index contributed by atoms with van der Waals surface area (Å²) in [5.41, 5.74) is 0.976. The van der Waals surface area contributed by atoms with E-state index in [1.807, 2.05) is 19.9 Å². The van der Waals surface area contributed by atoms with Gasteiger partial charge in [0.1, 0.15) is 11.5 Å². The van der Waals surface area contributed by atoms with Crippen LogP contribution in [-0.2, 0) is 11.2 Å². The van der Waals surface area contributed by atoms with Gasteiger partial charge >= 0.3 is 0 Å². The number of Topliss-reactive ketones (excluding diaryl/α,β-unsaturated/α-hetero) is 1. The lowest BCUT2D eigenvalue weighted by Gasteiger charge is -2.12. The summed E-state index contributed by atoms with van der Waals surface area (Å²) in [6.07, 6.45) is 3.73. The molecule has 1 aromatic rings. The number of ketones is 1. The van der Waals surface area contributed by atoms with Crippen LogP contribution in [0.4, 0.5) is 0 Å². The van der Waals surface area contributed by atoms with E-state index in [0.717, 1.165) is 24.8 Å². The molecule has 0 fully saturated rings. The number of hydrogen-bond acceptors (Lipinski definition) is 2. The van der Waals surface area contributed by atoms with Crippen molar-refractivity contribution in [3.05, 3.63) is 27.7 Å². The quantitative estimate of drug-likeness (QED) is 0.669. The summed E-state index contributed by atoms with van der Waals surface area (Å²) in [6, 6.07) is 3.54. The molecule has 0 saturated heterocycles. The minimum Gasteiger partial charge on any atom is -0.492 e. The van der Waals surface area contributed by atoms with E-state index in [1.54, 1.807) is 6.07 Å². The topological polar surface area (TPSA) is 26.3 Å². The molecular weight excluding hydrogens is 283 g/mol. The Bertz CT molecular complexity index is 430. The van der Waals surface area contributed by atoms with Gasteiger partial charge in [-0.15, -0.1) is 0 Å².